The van der Waals surface area contributed by atoms with Crippen LogP contribution in [0.3, 0.4) is 0 Å². The molecule has 1 unspecified atom stereocenters. The van der Waals surface area contributed by atoms with Crippen LogP contribution in [0.15, 0.2) is 48.8 Å². The lowest BCUT2D eigenvalue weighted by Gasteiger charge is -2.29. The second kappa shape index (κ2) is 9.96. The molecule has 3 aromatic rings. The molecule has 1 aliphatic carbocycles. The van der Waals surface area contributed by atoms with E-state index in [9.17, 15) is 22.4 Å². The summed E-state index contributed by atoms with van der Waals surface area (Å²) in [5.74, 6) is -0.478. The van der Waals surface area contributed by atoms with Crippen LogP contribution in [-0.2, 0) is 13.6 Å². The first-order chi connectivity index (χ1) is 18.0. The number of carbonyl (C=O) groups is 1. The molecule has 1 saturated heterocycles. The predicted octanol–water partition coefficient (Wildman–Crippen LogP) is 5.21. The highest BCUT2D eigenvalue weighted by molar-refractivity contribution is 5.95. The molecule has 5 rings (SSSR count). The van der Waals surface area contributed by atoms with Gasteiger partial charge in [-0.3, -0.25) is 10.2 Å². The molecule has 1 amide bonds. The number of halogens is 4. The molecule has 2 fully saturated rings. The van der Waals surface area contributed by atoms with E-state index in [1.807, 2.05) is 0 Å². The number of aryl methyl sites for hydroxylation is 2. The number of rotatable bonds is 7. The van der Waals surface area contributed by atoms with Crippen LogP contribution in [0.1, 0.15) is 58.8 Å². The zero-order valence-corrected chi connectivity index (χ0v) is 21.4. The number of nitrogens with zero attached hydrogens (tertiary/aromatic N) is 3. The summed E-state index contributed by atoms with van der Waals surface area (Å²) in [5, 5.41) is 11.3. The van der Waals surface area contributed by atoms with E-state index >= 15 is 0 Å². The number of anilines is 1. The summed E-state index contributed by atoms with van der Waals surface area (Å²) < 4.78 is 58.6. The van der Waals surface area contributed by atoms with Gasteiger partial charge in [0.1, 0.15) is 11.9 Å². The normalized spacial score (nSPS) is 18.6. The van der Waals surface area contributed by atoms with Gasteiger partial charge in [-0.2, -0.15) is 13.2 Å². The van der Waals surface area contributed by atoms with Crippen molar-refractivity contribution in [1.29, 1.82) is 5.41 Å². The van der Waals surface area contributed by atoms with Crippen LogP contribution in [0.4, 0.5) is 23.2 Å². The summed E-state index contributed by atoms with van der Waals surface area (Å²) in [6.45, 7) is 2.16. The monoisotopic (exact) mass is 529 g/mol. The third kappa shape index (κ3) is 5.35. The average molecular weight is 530 g/mol. The third-order valence-electron chi connectivity index (χ3n) is 7.55. The summed E-state index contributed by atoms with van der Waals surface area (Å²) in [6.07, 6.45) is 1.36. The van der Waals surface area contributed by atoms with Crippen molar-refractivity contribution in [2.45, 2.75) is 57.4 Å². The lowest BCUT2D eigenvalue weighted by Crippen LogP contribution is -2.41. The molecule has 1 aromatic heterocycles. The highest BCUT2D eigenvalue weighted by Gasteiger charge is 2.46. The van der Waals surface area contributed by atoms with Crippen LogP contribution < -0.4 is 15.8 Å². The Kier molecular flexibility index (Phi) is 6.83. The molecule has 38 heavy (non-hydrogen) atoms. The molecule has 6 nitrogen and oxygen atoms in total. The number of imidazole rings is 1. The molecule has 10 heteroatoms. The molecule has 1 aliphatic heterocycles. The van der Waals surface area contributed by atoms with Crippen LogP contribution in [0.25, 0.3) is 0 Å². The Bertz CT molecular complexity index is 1400. The van der Waals surface area contributed by atoms with Gasteiger partial charge in [-0.25, -0.2) is 4.39 Å². The number of benzene rings is 2. The molecule has 1 saturated carbocycles. The number of alkyl halides is 3. The largest absolute Gasteiger partial charge is 0.408 e. The smallest absolute Gasteiger partial charge is 0.360 e. The first-order valence-corrected chi connectivity index (χ1v) is 12.8. The Morgan fingerprint density at radius 1 is 1.13 bits per heavy atom. The molecule has 0 radical (unpaired) electrons. The zero-order valence-electron chi connectivity index (χ0n) is 21.4. The molecular formula is C28H31F4N5O. The van der Waals surface area contributed by atoms with E-state index in [2.05, 4.69) is 5.32 Å². The molecular weight excluding hydrogens is 498 g/mol. The van der Waals surface area contributed by atoms with Gasteiger partial charge in [0.25, 0.3) is 5.91 Å². The first kappa shape index (κ1) is 26.1. The second-order valence-electron chi connectivity index (χ2n) is 10.4. The number of nitrogens with one attached hydrogen (secondary N) is 2. The van der Waals surface area contributed by atoms with Gasteiger partial charge in [0, 0.05) is 37.2 Å². The van der Waals surface area contributed by atoms with E-state index in [-0.39, 0.29) is 54.4 Å². The maximum atomic E-state index is 13.9. The van der Waals surface area contributed by atoms with Crippen molar-refractivity contribution in [1.82, 2.24) is 14.5 Å². The van der Waals surface area contributed by atoms with E-state index in [0.717, 1.165) is 18.4 Å². The third-order valence-corrected chi connectivity index (χ3v) is 7.55. The van der Waals surface area contributed by atoms with Crippen LogP contribution in [-0.4, -0.2) is 33.8 Å². The zero-order chi connectivity index (χ0) is 27.2. The van der Waals surface area contributed by atoms with E-state index in [1.165, 1.54) is 17.0 Å². The van der Waals surface area contributed by atoms with Crippen molar-refractivity contribution >= 4 is 11.6 Å². The van der Waals surface area contributed by atoms with Crippen LogP contribution in [0, 0.1) is 24.1 Å². The number of aromatic nitrogens is 2. The maximum Gasteiger partial charge on any atom is 0.408 e. The van der Waals surface area contributed by atoms with Crippen molar-refractivity contribution in [2.24, 2.45) is 13.0 Å². The highest BCUT2D eigenvalue weighted by Crippen LogP contribution is 2.42. The summed E-state index contributed by atoms with van der Waals surface area (Å²) in [6, 6.07) is 7.77. The van der Waals surface area contributed by atoms with Gasteiger partial charge in [0.15, 0.2) is 0 Å². The van der Waals surface area contributed by atoms with Gasteiger partial charge >= 0.3 is 6.18 Å². The Balaban J connectivity index is 1.50. The topological polar surface area (TPSA) is 66.0 Å². The SMILES string of the molecule is Cc1cc(C(NC(=O)c2cc(Cn3ccn(C)c3=N)cc(N3CCC[C@H]3C(F)(F)F)c2)C2CC2)ccc1F. The van der Waals surface area contributed by atoms with Gasteiger partial charge < -0.3 is 19.4 Å². The Morgan fingerprint density at radius 2 is 1.89 bits per heavy atom. The molecule has 0 spiro atoms. The maximum absolute atomic E-state index is 13.9. The van der Waals surface area contributed by atoms with Crippen LogP contribution >= 0.6 is 0 Å². The fraction of sp³-hybridized carbons (Fsp3) is 0.429. The second-order valence-corrected chi connectivity index (χ2v) is 10.4. The lowest BCUT2D eigenvalue weighted by molar-refractivity contribution is -0.145. The van der Waals surface area contributed by atoms with Crippen molar-refractivity contribution < 1.29 is 22.4 Å². The number of hydrogen-bond donors (Lipinski definition) is 2. The fourth-order valence-electron chi connectivity index (χ4n) is 5.32. The fourth-order valence-corrected chi connectivity index (χ4v) is 5.32. The van der Waals surface area contributed by atoms with Gasteiger partial charge in [-0.05, 0) is 79.5 Å². The van der Waals surface area contributed by atoms with E-state index in [1.54, 1.807) is 59.8 Å². The minimum atomic E-state index is -4.38. The average Bonchev–Trinajstić information content (AvgIpc) is 3.49. The lowest BCUT2D eigenvalue weighted by atomic mass is 9.99. The number of hydrogen-bond acceptors (Lipinski definition) is 3. The Labute approximate surface area is 218 Å². The molecule has 2 atom stereocenters. The summed E-state index contributed by atoms with van der Waals surface area (Å²) in [4.78, 5) is 14.9. The first-order valence-electron chi connectivity index (χ1n) is 12.8. The molecule has 2 N–H and O–H groups in total. The van der Waals surface area contributed by atoms with Gasteiger partial charge in [-0.15, -0.1) is 0 Å². The molecule has 202 valence electrons. The van der Waals surface area contributed by atoms with Crippen molar-refractivity contribution in [2.75, 3.05) is 11.4 Å². The summed E-state index contributed by atoms with van der Waals surface area (Å²) in [5.41, 5.74) is 2.77. The predicted molar refractivity (Wildman–Crippen MR) is 135 cm³/mol. The van der Waals surface area contributed by atoms with E-state index in [4.69, 9.17) is 5.41 Å². The Hall–Kier alpha value is -3.56. The van der Waals surface area contributed by atoms with Crippen LogP contribution in [0.2, 0.25) is 0 Å². The van der Waals surface area contributed by atoms with E-state index in [0.29, 0.717) is 23.2 Å². The number of amides is 1. The minimum Gasteiger partial charge on any atom is -0.360 e. The van der Waals surface area contributed by atoms with Crippen LogP contribution in [0.5, 0.6) is 0 Å². The number of carbonyl (C=O) groups excluding carboxylic acids is 1. The van der Waals surface area contributed by atoms with E-state index < -0.39 is 12.2 Å². The standard InChI is InChI=1S/C28H31F4N5O/c1-17-12-20(7-8-23(17)29)25(19-5-6-19)34-26(38)21-13-18(16-36-11-10-35(2)27(36)33)14-22(15-21)37-9-3-4-24(37)28(30,31)32/h7-8,10-15,19,24-25,33H,3-6,9,16H2,1-2H3,(H,34,38)/t24-,25?/m0/s1. The molecule has 2 heterocycles. The van der Waals surface area contributed by atoms with Crippen molar-refractivity contribution in [3.63, 3.8) is 0 Å². The highest BCUT2D eigenvalue weighted by atomic mass is 19.4. The summed E-state index contributed by atoms with van der Waals surface area (Å²) in [7, 11) is 1.74. The Morgan fingerprint density at radius 3 is 2.53 bits per heavy atom. The van der Waals surface area contributed by atoms with Gasteiger partial charge in [0.05, 0.1) is 12.6 Å². The minimum absolute atomic E-state index is 0.00718. The summed E-state index contributed by atoms with van der Waals surface area (Å²) >= 11 is 0. The quantitative estimate of drug-likeness (QED) is 0.413. The molecule has 0 bridgehead atoms. The molecule has 2 aliphatic rings. The van der Waals surface area contributed by atoms with Crippen molar-refractivity contribution in [3.05, 3.63) is 82.5 Å². The van der Waals surface area contributed by atoms with Crippen molar-refractivity contribution in [3.8, 4) is 0 Å². The van der Waals surface area contributed by atoms with Gasteiger partial charge in [-0.1, -0.05) is 12.1 Å². The van der Waals surface area contributed by atoms with Gasteiger partial charge in [0.2, 0.25) is 5.62 Å². The molecule has 2 aromatic carbocycles.